The maximum Gasteiger partial charge on any atom is 0.328 e. The third-order valence-corrected chi connectivity index (χ3v) is 4.93. The van der Waals surface area contributed by atoms with Gasteiger partial charge in [-0.3, -0.25) is 4.79 Å². The van der Waals surface area contributed by atoms with Gasteiger partial charge in [0.1, 0.15) is 24.0 Å². The Hall–Kier alpha value is -3.29. The normalized spacial score (nSPS) is 13.9. The van der Waals surface area contributed by atoms with Gasteiger partial charge < -0.3 is 24.6 Å². The van der Waals surface area contributed by atoms with E-state index < -0.39 is 29.8 Å². The van der Waals surface area contributed by atoms with Crippen molar-refractivity contribution in [1.82, 2.24) is 10.3 Å². The first kappa shape index (κ1) is 25.0. The number of aromatic hydroxyl groups is 1. The Bertz CT molecular complexity index is 901. The number of pyridine rings is 1. The van der Waals surface area contributed by atoms with Crippen molar-refractivity contribution < 1.29 is 28.9 Å². The molecule has 8 heteroatoms. The Labute approximate surface area is 188 Å². The molecule has 0 radical (unpaired) electrons. The van der Waals surface area contributed by atoms with Gasteiger partial charge in [-0.2, -0.15) is 0 Å². The predicted molar refractivity (Wildman–Crippen MR) is 120 cm³/mol. The number of methoxy groups -OCH3 is 1. The molecule has 2 rings (SSSR count). The van der Waals surface area contributed by atoms with Gasteiger partial charge in [-0.05, 0) is 30.9 Å². The monoisotopic (exact) mass is 444 g/mol. The number of para-hydroxylation sites is 1. The molecule has 1 aromatic heterocycles. The lowest BCUT2D eigenvalue weighted by Gasteiger charge is -2.33. The lowest BCUT2D eigenvalue weighted by atomic mass is 9.93. The van der Waals surface area contributed by atoms with Crippen LogP contribution in [0.3, 0.4) is 0 Å². The minimum Gasteiger partial charge on any atom is -0.503 e. The number of aromatic nitrogens is 1. The van der Waals surface area contributed by atoms with Crippen molar-refractivity contribution in [1.29, 1.82) is 0 Å². The fourth-order valence-corrected chi connectivity index (χ4v) is 3.15. The van der Waals surface area contributed by atoms with E-state index >= 15 is 0 Å². The van der Waals surface area contributed by atoms with Gasteiger partial charge in [-0.25, -0.2) is 9.78 Å². The molecule has 0 fully saturated rings. The number of esters is 1. The molecule has 1 aromatic carbocycles. The first-order valence-corrected chi connectivity index (χ1v) is 10.6. The van der Waals surface area contributed by atoms with Crippen molar-refractivity contribution in [3.8, 4) is 17.2 Å². The SMILES string of the molecule is COc1ccnc(C(=O)N[C@@H](C)C(=O)OC(C(C)C)[C@H](Oc2ccccc2)C(C)C)c1O. The Morgan fingerprint density at radius 1 is 0.969 bits per heavy atom. The van der Waals surface area contributed by atoms with Gasteiger partial charge >= 0.3 is 5.97 Å². The molecule has 174 valence electrons. The largest absolute Gasteiger partial charge is 0.503 e. The average Bonchev–Trinajstić information content (AvgIpc) is 2.76. The zero-order valence-corrected chi connectivity index (χ0v) is 19.4. The summed E-state index contributed by atoms with van der Waals surface area (Å²) in [6, 6.07) is 9.81. The van der Waals surface area contributed by atoms with E-state index in [9.17, 15) is 14.7 Å². The van der Waals surface area contributed by atoms with Crippen LogP contribution in [0.15, 0.2) is 42.6 Å². The van der Waals surface area contributed by atoms with Gasteiger partial charge in [0.15, 0.2) is 17.2 Å². The van der Waals surface area contributed by atoms with E-state index in [1.54, 1.807) is 0 Å². The zero-order chi connectivity index (χ0) is 23.8. The summed E-state index contributed by atoms with van der Waals surface area (Å²) < 4.78 is 16.9. The number of ether oxygens (including phenoxy) is 3. The topological polar surface area (TPSA) is 107 Å². The van der Waals surface area contributed by atoms with Crippen LogP contribution in [0.2, 0.25) is 0 Å². The van der Waals surface area contributed by atoms with Gasteiger partial charge in [-0.1, -0.05) is 45.9 Å². The third-order valence-electron chi connectivity index (χ3n) is 4.93. The highest BCUT2D eigenvalue weighted by Gasteiger charge is 2.34. The number of amides is 1. The molecule has 2 aromatic rings. The molecule has 0 saturated heterocycles. The number of carbonyl (C=O) groups is 2. The number of nitrogens with zero attached hydrogens (tertiary/aromatic N) is 1. The van der Waals surface area contributed by atoms with E-state index in [-0.39, 0.29) is 29.4 Å². The van der Waals surface area contributed by atoms with Crippen molar-refractivity contribution in [3.63, 3.8) is 0 Å². The Balaban J connectivity index is 2.11. The summed E-state index contributed by atoms with van der Waals surface area (Å²) >= 11 is 0. The zero-order valence-electron chi connectivity index (χ0n) is 19.4. The first-order chi connectivity index (χ1) is 15.1. The van der Waals surface area contributed by atoms with E-state index in [1.807, 2.05) is 58.0 Å². The molecule has 0 aliphatic heterocycles. The van der Waals surface area contributed by atoms with Crippen LogP contribution in [0, 0.1) is 11.8 Å². The van der Waals surface area contributed by atoms with Crippen LogP contribution in [0.5, 0.6) is 17.2 Å². The number of carbonyl (C=O) groups excluding carboxylic acids is 2. The molecule has 0 bridgehead atoms. The van der Waals surface area contributed by atoms with Gasteiger partial charge in [0, 0.05) is 12.3 Å². The minimum atomic E-state index is -0.972. The standard InChI is InChI=1S/C24H32N2O6/c1-14(2)21(31-17-10-8-7-9-11-17)22(15(3)4)32-24(29)16(5)26-23(28)19-20(27)18(30-6)12-13-25-19/h7-16,21-22,27H,1-6H3,(H,26,28)/t16-,21+,22?/m0/s1. The van der Waals surface area contributed by atoms with Crippen molar-refractivity contribution >= 4 is 11.9 Å². The van der Waals surface area contributed by atoms with Crippen LogP contribution in [0.25, 0.3) is 0 Å². The molecule has 2 N–H and O–H groups in total. The highest BCUT2D eigenvalue weighted by Crippen LogP contribution is 2.28. The van der Waals surface area contributed by atoms with E-state index in [2.05, 4.69) is 10.3 Å². The summed E-state index contributed by atoms with van der Waals surface area (Å²) in [6.45, 7) is 9.40. The molecule has 0 aliphatic carbocycles. The summed E-state index contributed by atoms with van der Waals surface area (Å²) in [4.78, 5) is 29.2. The second-order valence-electron chi connectivity index (χ2n) is 8.19. The first-order valence-electron chi connectivity index (χ1n) is 10.6. The second-order valence-corrected chi connectivity index (χ2v) is 8.19. The summed E-state index contributed by atoms with van der Waals surface area (Å²) in [5, 5.41) is 12.6. The predicted octanol–water partition coefficient (Wildman–Crippen LogP) is 3.59. The molecule has 32 heavy (non-hydrogen) atoms. The number of hydrogen-bond donors (Lipinski definition) is 2. The average molecular weight is 445 g/mol. The van der Waals surface area contributed by atoms with Crippen molar-refractivity contribution in [2.45, 2.75) is 52.9 Å². The number of nitrogens with one attached hydrogen (secondary N) is 1. The maximum absolute atomic E-state index is 12.8. The molecule has 0 aliphatic rings. The number of benzene rings is 1. The van der Waals surface area contributed by atoms with Crippen LogP contribution in [0.1, 0.15) is 45.1 Å². The highest BCUT2D eigenvalue weighted by atomic mass is 16.6. The molecule has 3 atom stereocenters. The van der Waals surface area contributed by atoms with Crippen molar-refractivity contribution in [2.75, 3.05) is 7.11 Å². The molecular formula is C24H32N2O6. The van der Waals surface area contributed by atoms with E-state index in [0.29, 0.717) is 5.75 Å². The summed E-state index contributed by atoms with van der Waals surface area (Å²) in [5.41, 5.74) is -0.239. The summed E-state index contributed by atoms with van der Waals surface area (Å²) in [5.74, 6) is -0.883. The fraction of sp³-hybridized carbons (Fsp3) is 0.458. The molecule has 8 nitrogen and oxygen atoms in total. The van der Waals surface area contributed by atoms with Crippen LogP contribution in [-0.4, -0.2) is 47.3 Å². The maximum atomic E-state index is 12.8. The van der Waals surface area contributed by atoms with Crippen LogP contribution < -0.4 is 14.8 Å². The van der Waals surface area contributed by atoms with Crippen LogP contribution in [-0.2, 0) is 9.53 Å². The Morgan fingerprint density at radius 2 is 1.59 bits per heavy atom. The van der Waals surface area contributed by atoms with E-state index in [0.717, 1.165) is 0 Å². The molecule has 1 amide bonds. The lowest BCUT2D eigenvalue weighted by Crippen LogP contribution is -2.47. The van der Waals surface area contributed by atoms with E-state index in [1.165, 1.54) is 26.3 Å². The smallest absolute Gasteiger partial charge is 0.328 e. The summed E-state index contributed by atoms with van der Waals surface area (Å²) in [7, 11) is 1.37. The lowest BCUT2D eigenvalue weighted by molar-refractivity contribution is -0.161. The van der Waals surface area contributed by atoms with E-state index in [4.69, 9.17) is 14.2 Å². The van der Waals surface area contributed by atoms with Crippen molar-refractivity contribution in [2.24, 2.45) is 11.8 Å². The molecule has 0 spiro atoms. The highest BCUT2D eigenvalue weighted by molar-refractivity contribution is 5.97. The number of hydrogen-bond acceptors (Lipinski definition) is 7. The van der Waals surface area contributed by atoms with Gasteiger partial charge in [0.25, 0.3) is 5.91 Å². The quantitative estimate of drug-likeness (QED) is 0.539. The van der Waals surface area contributed by atoms with Gasteiger partial charge in [0.2, 0.25) is 0 Å². The van der Waals surface area contributed by atoms with Crippen LogP contribution >= 0.6 is 0 Å². The molecule has 1 unspecified atom stereocenters. The minimum absolute atomic E-state index is 0.0259. The Kier molecular flexibility index (Phi) is 8.87. The number of rotatable bonds is 10. The summed E-state index contributed by atoms with van der Waals surface area (Å²) in [6.07, 6.45) is 0.415. The molecular weight excluding hydrogens is 412 g/mol. The van der Waals surface area contributed by atoms with Gasteiger partial charge in [-0.15, -0.1) is 0 Å². The fourth-order valence-electron chi connectivity index (χ4n) is 3.15. The van der Waals surface area contributed by atoms with Crippen LogP contribution in [0.4, 0.5) is 0 Å². The van der Waals surface area contributed by atoms with Crippen molar-refractivity contribution in [3.05, 3.63) is 48.3 Å². The molecule has 1 heterocycles. The Morgan fingerprint density at radius 3 is 2.16 bits per heavy atom. The molecule has 0 saturated carbocycles. The second kappa shape index (κ2) is 11.4. The van der Waals surface area contributed by atoms with Gasteiger partial charge in [0.05, 0.1) is 7.11 Å². The third kappa shape index (κ3) is 6.35.